The average Bonchev–Trinajstić information content (AvgIpc) is 2.53. The van der Waals surface area contributed by atoms with Crippen molar-refractivity contribution < 1.29 is 23.8 Å². The second-order valence-corrected chi connectivity index (χ2v) is 5.34. The number of aryl methyl sites for hydroxylation is 1. The van der Waals surface area contributed by atoms with Gasteiger partial charge in [0, 0.05) is 11.1 Å². The zero-order valence-electron chi connectivity index (χ0n) is 13.2. The molecular weight excluding hydrogens is 334 g/mol. The Morgan fingerprint density at radius 1 is 1.12 bits per heavy atom. The van der Waals surface area contributed by atoms with Gasteiger partial charge in [0.2, 0.25) is 0 Å². The van der Waals surface area contributed by atoms with Crippen molar-refractivity contribution in [3.8, 4) is 17.2 Å². The van der Waals surface area contributed by atoms with E-state index in [0.29, 0.717) is 16.5 Å². The van der Waals surface area contributed by atoms with Gasteiger partial charge in [0.25, 0.3) is 5.91 Å². The van der Waals surface area contributed by atoms with Gasteiger partial charge < -0.3 is 19.9 Å². The molecule has 0 saturated carbocycles. The van der Waals surface area contributed by atoms with Crippen molar-refractivity contribution in [2.45, 2.75) is 6.92 Å². The summed E-state index contributed by atoms with van der Waals surface area (Å²) in [5, 5.41) is 0.574. The Morgan fingerprint density at radius 2 is 1.88 bits per heavy atom. The molecule has 0 heterocycles. The van der Waals surface area contributed by atoms with Crippen LogP contribution in [-0.2, 0) is 4.79 Å². The van der Waals surface area contributed by atoms with Crippen molar-refractivity contribution in [1.82, 2.24) is 0 Å². The van der Waals surface area contributed by atoms with Crippen LogP contribution in [0.2, 0.25) is 5.02 Å². The largest absolute Gasteiger partial charge is 0.497 e. The number of rotatable bonds is 6. The molecule has 2 N–H and O–H groups in total. The van der Waals surface area contributed by atoms with Crippen LogP contribution in [0, 0.1) is 6.92 Å². The zero-order chi connectivity index (χ0) is 17.7. The molecule has 126 valence electrons. The summed E-state index contributed by atoms with van der Waals surface area (Å²) in [6.07, 6.45) is 0. The Labute approximate surface area is 144 Å². The van der Waals surface area contributed by atoms with E-state index in [1.807, 2.05) is 0 Å². The molecule has 2 aromatic carbocycles. The molecule has 0 fully saturated rings. The van der Waals surface area contributed by atoms with Gasteiger partial charge in [-0.3, -0.25) is 4.79 Å². The highest BCUT2D eigenvalue weighted by Crippen LogP contribution is 2.25. The highest BCUT2D eigenvalue weighted by atomic mass is 35.5. The SMILES string of the molecule is COc1ccc(C(N)=O)c(OC(=O)COc2ccc(Cl)cc2C)c1. The van der Waals surface area contributed by atoms with E-state index in [0.717, 1.165) is 5.56 Å². The Balaban J connectivity index is 2.08. The number of methoxy groups -OCH3 is 1. The lowest BCUT2D eigenvalue weighted by Gasteiger charge is -2.11. The van der Waals surface area contributed by atoms with Gasteiger partial charge in [0.05, 0.1) is 12.7 Å². The van der Waals surface area contributed by atoms with Gasteiger partial charge in [-0.15, -0.1) is 0 Å². The Bertz CT molecular complexity index is 776. The van der Waals surface area contributed by atoms with Crippen molar-refractivity contribution in [2.75, 3.05) is 13.7 Å². The first-order chi connectivity index (χ1) is 11.4. The minimum Gasteiger partial charge on any atom is -0.497 e. The van der Waals surface area contributed by atoms with Crippen molar-refractivity contribution in [3.63, 3.8) is 0 Å². The molecule has 6 nitrogen and oxygen atoms in total. The van der Waals surface area contributed by atoms with Gasteiger partial charge in [-0.2, -0.15) is 0 Å². The molecule has 7 heteroatoms. The van der Waals surface area contributed by atoms with Gasteiger partial charge in [-0.1, -0.05) is 11.6 Å². The smallest absolute Gasteiger partial charge is 0.349 e. The van der Waals surface area contributed by atoms with E-state index >= 15 is 0 Å². The number of hydrogen-bond donors (Lipinski definition) is 1. The number of halogens is 1. The summed E-state index contributed by atoms with van der Waals surface area (Å²) in [4.78, 5) is 23.4. The summed E-state index contributed by atoms with van der Waals surface area (Å²) in [7, 11) is 1.46. The summed E-state index contributed by atoms with van der Waals surface area (Å²) in [5.74, 6) is -0.437. The fourth-order valence-corrected chi connectivity index (χ4v) is 2.21. The van der Waals surface area contributed by atoms with Crippen molar-refractivity contribution in [2.24, 2.45) is 5.73 Å². The van der Waals surface area contributed by atoms with E-state index in [1.165, 1.54) is 19.2 Å². The number of hydrogen-bond acceptors (Lipinski definition) is 5. The molecule has 0 saturated heterocycles. The molecule has 0 aliphatic carbocycles. The molecule has 2 aromatic rings. The summed E-state index contributed by atoms with van der Waals surface area (Å²) in [6.45, 7) is 1.47. The molecule has 0 unspecified atom stereocenters. The lowest BCUT2D eigenvalue weighted by atomic mass is 10.2. The molecule has 0 bridgehead atoms. The monoisotopic (exact) mass is 349 g/mol. The predicted octanol–water partition coefficient (Wildman–Crippen LogP) is 2.74. The molecule has 0 radical (unpaired) electrons. The lowest BCUT2D eigenvalue weighted by Crippen LogP contribution is -2.20. The first kappa shape index (κ1) is 17.6. The van der Waals surface area contributed by atoms with Crippen molar-refractivity contribution in [1.29, 1.82) is 0 Å². The molecule has 0 spiro atoms. The lowest BCUT2D eigenvalue weighted by molar-refractivity contribution is -0.136. The first-order valence-electron chi connectivity index (χ1n) is 6.98. The minimum absolute atomic E-state index is 0.0169. The van der Waals surface area contributed by atoms with Crippen molar-refractivity contribution >= 4 is 23.5 Å². The standard InChI is InChI=1S/C17H16ClNO5/c1-10-7-11(18)3-6-14(10)23-9-16(20)24-15-8-12(22-2)4-5-13(15)17(19)21/h3-8H,9H2,1-2H3,(H2,19,21). The Kier molecular flexibility index (Phi) is 5.65. The van der Waals surface area contributed by atoms with Crippen LogP contribution >= 0.6 is 11.6 Å². The summed E-state index contributed by atoms with van der Waals surface area (Å²) < 4.78 is 15.6. The molecule has 24 heavy (non-hydrogen) atoms. The van der Waals surface area contributed by atoms with Gasteiger partial charge in [-0.05, 0) is 42.8 Å². The third-order valence-electron chi connectivity index (χ3n) is 3.16. The Morgan fingerprint density at radius 3 is 2.50 bits per heavy atom. The van der Waals surface area contributed by atoms with Crippen LogP contribution in [0.5, 0.6) is 17.2 Å². The maximum Gasteiger partial charge on any atom is 0.349 e. The number of esters is 1. The second kappa shape index (κ2) is 7.70. The number of primary amides is 1. The van der Waals surface area contributed by atoms with Gasteiger partial charge in [-0.25, -0.2) is 4.79 Å². The number of carbonyl (C=O) groups is 2. The molecule has 0 aromatic heterocycles. The predicted molar refractivity (Wildman–Crippen MR) is 88.8 cm³/mol. The van der Waals surface area contributed by atoms with Crippen molar-refractivity contribution in [3.05, 3.63) is 52.5 Å². The fraction of sp³-hybridized carbons (Fsp3) is 0.176. The number of ether oxygens (including phenoxy) is 3. The quantitative estimate of drug-likeness (QED) is 0.640. The van der Waals surface area contributed by atoms with Crippen LogP contribution in [0.3, 0.4) is 0 Å². The highest BCUT2D eigenvalue weighted by Gasteiger charge is 2.15. The van der Waals surface area contributed by atoms with Gasteiger partial charge >= 0.3 is 5.97 Å². The van der Waals surface area contributed by atoms with E-state index in [1.54, 1.807) is 31.2 Å². The summed E-state index contributed by atoms with van der Waals surface area (Å²) >= 11 is 5.86. The number of amides is 1. The van der Waals surface area contributed by atoms with Gasteiger partial charge in [0.1, 0.15) is 17.2 Å². The molecular formula is C17H16ClNO5. The third-order valence-corrected chi connectivity index (χ3v) is 3.40. The van der Waals surface area contributed by atoms with Crippen LogP contribution < -0.4 is 19.9 Å². The van der Waals surface area contributed by atoms with Crippen LogP contribution in [0.1, 0.15) is 15.9 Å². The van der Waals surface area contributed by atoms with E-state index in [2.05, 4.69) is 0 Å². The van der Waals surface area contributed by atoms with Gasteiger partial charge in [0.15, 0.2) is 6.61 Å². The van der Waals surface area contributed by atoms with Crippen LogP contribution in [0.25, 0.3) is 0 Å². The summed E-state index contributed by atoms with van der Waals surface area (Å²) in [5.41, 5.74) is 6.13. The van der Waals surface area contributed by atoms with E-state index in [4.69, 9.17) is 31.5 Å². The maximum atomic E-state index is 12.0. The average molecular weight is 350 g/mol. The molecule has 0 aliphatic rings. The van der Waals surface area contributed by atoms with E-state index in [-0.39, 0.29) is 17.9 Å². The first-order valence-corrected chi connectivity index (χ1v) is 7.36. The molecule has 1 amide bonds. The van der Waals surface area contributed by atoms with Crippen LogP contribution in [0.4, 0.5) is 0 Å². The van der Waals surface area contributed by atoms with E-state index in [9.17, 15) is 9.59 Å². The fourth-order valence-electron chi connectivity index (χ4n) is 1.98. The summed E-state index contributed by atoms with van der Waals surface area (Å²) in [6, 6.07) is 9.41. The topological polar surface area (TPSA) is 87.9 Å². The highest BCUT2D eigenvalue weighted by molar-refractivity contribution is 6.30. The third kappa shape index (κ3) is 4.39. The maximum absolute atomic E-state index is 12.0. The Hall–Kier alpha value is -2.73. The zero-order valence-corrected chi connectivity index (χ0v) is 13.9. The van der Waals surface area contributed by atoms with Crippen LogP contribution in [0.15, 0.2) is 36.4 Å². The molecule has 0 aliphatic heterocycles. The number of nitrogens with two attached hydrogens (primary N) is 1. The van der Waals surface area contributed by atoms with Crippen LogP contribution in [-0.4, -0.2) is 25.6 Å². The number of carbonyl (C=O) groups excluding carboxylic acids is 2. The normalized spacial score (nSPS) is 10.1. The van der Waals surface area contributed by atoms with E-state index < -0.39 is 11.9 Å². The molecule has 2 rings (SSSR count). The number of benzene rings is 2. The molecule has 0 atom stereocenters. The second-order valence-electron chi connectivity index (χ2n) is 4.90. The minimum atomic E-state index is -0.713.